The first-order valence-corrected chi connectivity index (χ1v) is 8.78. The van der Waals surface area contributed by atoms with Gasteiger partial charge in [-0.1, -0.05) is 25.7 Å². The smallest absolute Gasteiger partial charge is 0.425 e. The summed E-state index contributed by atoms with van der Waals surface area (Å²) in [6.45, 7) is 1.09. The first kappa shape index (κ1) is 23.0. The third-order valence-electron chi connectivity index (χ3n) is 3.32. The van der Waals surface area contributed by atoms with Crippen molar-refractivity contribution in [1.82, 2.24) is 0 Å². The molecule has 1 unspecified atom stereocenters. The highest BCUT2D eigenvalue weighted by molar-refractivity contribution is 6.17. The molecule has 0 aliphatic rings. The number of ether oxygens (including phenoxy) is 2. The lowest BCUT2D eigenvalue weighted by Gasteiger charge is -2.16. The Morgan fingerprint density at radius 1 is 0.917 bits per heavy atom. The SMILES string of the molecule is CC(OC(=O)CCCC(=O)OCCCCCCCCCl)C(F)(F)F. The molecule has 0 aliphatic heterocycles. The maximum atomic E-state index is 12.2. The van der Waals surface area contributed by atoms with E-state index in [1.54, 1.807) is 0 Å². The van der Waals surface area contributed by atoms with E-state index in [1.807, 2.05) is 0 Å². The number of halogens is 4. The zero-order valence-corrected chi connectivity index (χ0v) is 14.8. The van der Waals surface area contributed by atoms with E-state index in [2.05, 4.69) is 4.74 Å². The highest BCUT2D eigenvalue weighted by atomic mass is 35.5. The van der Waals surface area contributed by atoms with E-state index in [-0.39, 0.29) is 19.3 Å². The predicted molar refractivity (Wildman–Crippen MR) is 84.8 cm³/mol. The molecule has 0 aromatic rings. The molecule has 0 heterocycles. The van der Waals surface area contributed by atoms with Gasteiger partial charge >= 0.3 is 18.1 Å². The molecule has 0 bridgehead atoms. The van der Waals surface area contributed by atoms with Gasteiger partial charge in [-0.25, -0.2) is 0 Å². The molecule has 0 fully saturated rings. The fourth-order valence-electron chi connectivity index (χ4n) is 1.86. The van der Waals surface area contributed by atoms with Crippen LogP contribution in [0.2, 0.25) is 0 Å². The summed E-state index contributed by atoms with van der Waals surface area (Å²) in [6, 6.07) is 0. The van der Waals surface area contributed by atoms with Gasteiger partial charge in [0.15, 0.2) is 6.10 Å². The fourth-order valence-corrected chi connectivity index (χ4v) is 2.05. The monoisotopic (exact) mass is 374 g/mol. The first-order valence-electron chi connectivity index (χ1n) is 8.25. The van der Waals surface area contributed by atoms with Crippen LogP contribution < -0.4 is 0 Å². The molecule has 0 saturated heterocycles. The lowest BCUT2D eigenvalue weighted by atomic mass is 10.1. The maximum Gasteiger partial charge on any atom is 0.425 e. The molecule has 0 N–H and O–H groups in total. The molecule has 0 saturated carbocycles. The average molecular weight is 375 g/mol. The van der Waals surface area contributed by atoms with Crippen molar-refractivity contribution in [2.45, 2.75) is 77.0 Å². The van der Waals surface area contributed by atoms with E-state index in [1.165, 1.54) is 0 Å². The molecule has 0 aromatic carbocycles. The Labute approximate surface area is 146 Å². The first-order chi connectivity index (χ1) is 11.3. The van der Waals surface area contributed by atoms with Gasteiger partial charge in [-0.2, -0.15) is 13.2 Å². The van der Waals surface area contributed by atoms with E-state index in [0.29, 0.717) is 12.5 Å². The molecule has 0 aliphatic carbocycles. The highest BCUT2D eigenvalue weighted by Crippen LogP contribution is 2.22. The summed E-state index contributed by atoms with van der Waals surface area (Å²) in [5.41, 5.74) is 0. The number of rotatable bonds is 13. The fraction of sp³-hybridized carbons (Fsp3) is 0.875. The van der Waals surface area contributed by atoms with Crippen LogP contribution in [0.3, 0.4) is 0 Å². The van der Waals surface area contributed by atoms with Gasteiger partial charge in [0.05, 0.1) is 6.61 Å². The summed E-state index contributed by atoms with van der Waals surface area (Å²) in [7, 11) is 0. The van der Waals surface area contributed by atoms with Crippen LogP contribution in [-0.4, -0.2) is 36.7 Å². The molecule has 0 radical (unpaired) electrons. The Hall–Kier alpha value is -0.980. The second kappa shape index (κ2) is 13.3. The third kappa shape index (κ3) is 13.5. The summed E-state index contributed by atoms with van der Waals surface area (Å²) >= 11 is 5.57. The molecule has 0 spiro atoms. The average Bonchev–Trinajstić information content (AvgIpc) is 2.49. The van der Waals surface area contributed by atoms with E-state index < -0.39 is 24.2 Å². The predicted octanol–water partition coefficient (Wildman–Crippen LogP) is 4.77. The molecule has 0 aromatic heterocycles. The lowest BCUT2D eigenvalue weighted by molar-refractivity contribution is -0.216. The topological polar surface area (TPSA) is 52.6 Å². The number of hydrogen-bond donors (Lipinski definition) is 0. The van der Waals surface area contributed by atoms with Gasteiger partial charge in [-0.15, -0.1) is 11.6 Å². The second-order valence-corrected chi connectivity index (χ2v) is 5.94. The molecule has 4 nitrogen and oxygen atoms in total. The van der Waals surface area contributed by atoms with Gasteiger partial charge in [-0.05, 0) is 26.2 Å². The zero-order chi connectivity index (χ0) is 18.4. The lowest BCUT2D eigenvalue weighted by Crippen LogP contribution is -2.30. The van der Waals surface area contributed by atoms with Crippen molar-refractivity contribution in [1.29, 1.82) is 0 Å². The van der Waals surface area contributed by atoms with Crippen molar-refractivity contribution in [3.63, 3.8) is 0 Å². The summed E-state index contributed by atoms with van der Waals surface area (Å²) < 4.78 is 45.8. The van der Waals surface area contributed by atoms with Crippen LogP contribution in [0.1, 0.15) is 64.7 Å². The normalized spacial score (nSPS) is 12.7. The summed E-state index contributed by atoms with van der Waals surface area (Å²) in [6.07, 6.45) is -0.805. The third-order valence-corrected chi connectivity index (χ3v) is 3.59. The van der Waals surface area contributed by atoms with Crippen molar-refractivity contribution < 1.29 is 32.2 Å². The van der Waals surface area contributed by atoms with Crippen LogP contribution in [-0.2, 0) is 19.1 Å². The molecule has 0 rings (SSSR count). The second-order valence-electron chi connectivity index (χ2n) is 5.56. The van der Waals surface area contributed by atoms with E-state index in [4.69, 9.17) is 16.3 Å². The Kier molecular flexibility index (Phi) is 12.8. The number of unbranched alkanes of at least 4 members (excludes halogenated alkanes) is 5. The van der Waals surface area contributed by atoms with Crippen molar-refractivity contribution in [2.75, 3.05) is 12.5 Å². The van der Waals surface area contributed by atoms with Crippen molar-refractivity contribution in [3.05, 3.63) is 0 Å². The van der Waals surface area contributed by atoms with Crippen LogP contribution in [0.25, 0.3) is 0 Å². The standard InChI is InChI=1S/C16H26ClF3O4/c1-13(16(18,19)20)24-15(22)10-8-9-14(21)23-12-7-5-3-2-4-6-11-17/h13H,2-12H2,1H3. The molecular formula is C16H26ClF3O4. The minimum absolute atomic E-state index is 0.00871. The number of hydrogen-bond acceptors (Lipinski definition) is 4. The van der Waals surface area contributed by atoms with Crippen molar-refractivity contribution >= 4 is 23.5 Å². The van der Waals surface area contributed by atoms with Gasteiger partial charge in [0, 0.05) is 18.7 Å². The van der Waals surface area contributed by atoms with E-state index in [9.17, 15) is 22.8 Å². The van der Waals surface area contributed by atoms with Crippen LogP contribution in [0.5, 0.6) is 0 Å². The molecule has 8 heteroatoms. The maximum absolute atomic E-state index is 12.2. The molecule has 142 valence electrons. The van der Waals surface area contributed by atoms with E-state index >= 15 is 0 Å². The largest absolute Gasteiger partial charge is 0.466 e. The Balaban J connectivity index is 3.54. The highest BCUT2D eigenvalue weighted by Gasteiger charge is 2.38. The van der Waals surface area contributed by atoms with Crippen molar-refractivity contribution in [2.24, 2.45) is 0 Å². The number of alkyl halides is 4. The van der Waals surface area contributed by atoms with Gasteiger partial charge in [0.2, 0.25) is 0 Å². The minimum Gasteiger partial charge on any atom is -0.466 e. The van der Waals surface area contributed by atoms with Crippen LogP contribution in [0.4, 0.5) is 13.2 Å². The Morgan fingerprint density at radius 3 is 2.04 bits per heavy atom. The van der Waals surface area contributed by atoms with Gasteiger partial charge in [0.25, 0.3) is 0 Å². The van der Waals surface area contributed by atoms with Crippen LogP contribution >= 0.6 is 11.6 Å². The molecule has 24 heavy (non-hydrogen) atoms. The summed E-state index contributed by atoms with van der Waals surface area (Å²) in [4.78, 5) is 22.6. The quantitative estimate of drug-likeness (QED) is 0.264. The number of carbonyl (C=O) groups excluding carboxylic acids is 2. The number of esters is 2. The summed E-state index contributed by atoms with van der Waals surface area (Å²) in [5.74, 6) is -0.737. The van der Waals surface area contributed by atoms with Gasteiger partial charge < -0.3 is 9.47 Å². The minimum atomic E-state index is -4.57. The zero-order valence-electron chi connectivity index (χ0n) is 14.0. The molecule has 0 amide bonds. The van der Waals surface area contributed by atoms with Crippen LogP contribution in [0, 0.1) is 0 Å². The Morgan fingerprint density at radius 2 is 1.46 bits per heavy atom. The van der Waals surface area contributed by atoms with Gasteiger partial charge in [0.1, 0.15) is 0 Å². The molecular weight excluding hydrogens is 349 g/mol. The van der Waals surface area contributed by atoms with E-state index in [0.717, 1.165) is 45.4 Å². The molecule has 1 atom stereocenters. The van der Waals surface area contributed by atoms with Gasteiger partial charge in [-0.3, -0.25) is 9.59 Å². The van der Waals surface area contributed by atoms with Crippen LogP contribution in [0.15, 0.2) is 0 Å². The van der Waals surface area contributed by atoms with Crippen molar-refractivity contribution in [3.8, 4) is 0 Å². The Bertz CT molecular complexity index is 362. The summed E-state index contributed by atoms with van der Waals surface area (Å²) in [5, 5.41) is 0. The number of carbonyl (C=O) groups is 2.